The Balaban J connectivity index is 1.85. The molecule has 0 radical (unpaired) electrons. The summed E-state index contributed by atoms with van der Waals surface area (Å²) >= 11 is 3.34. The largest absolute Gasteiger partial charge is 0.352 e. The summed E-state index contributed by atoms with van der Waals surface area (Å²) in [6.45, 7) is 2.67. The van der Waals surface area contributed by atoms with E-state index in [-0.39, 0.29) is 11.8 Å². The summed E-state index contributed by atoms with van der Waals surface area (Å²) in [6, 6.07) is 1.96. The molecule has 2 unspecified atom stereocenters. The van der Waals surface area contributed by atoms with Gasteiger partial charge in [0.2, 0.25) is 5.91 Å². The van der Waals surface area contributed by atoms with E-state index < -0.39 is 0 Å². The van der Waals surface area contributed by atoms with Crippen molar-refractivity contribution in [3.05, 3.63) is 28.5 Å². The predicted octanol–water partition coefficient (Wildman–Crippen LogP) is 2.12. The molecule has 0 bridgehead atoms. The van der Waals surface area contributed by atoms with Crippen LogP contribution >= 0.6 is 15.9 Å². The molecule has 1 amide bonds. The van der Waals surface area contributed by atoms with Crippen LogP contribution in [0.2, 0.25) is 0 Å². The fourth-order valence-electron chi connectivity index (χ4n) is 1.56. The lowest BCUT2D eigenvalue weighted by Crippen LogP contribution is -2.24. The van der Waals surface area contributed by atoms with Gasteiger partial charge in [0.1, 0.15) is 0 Å². The Kier molecular flexibility index (Phi) is 3.05. The second kappa shape index (κ2) is 4.31. The van der Waals surface area contributed by atoms with Crippen LogP contribution in [0.25, 0.3) is 0 Å². The first-order chi connectivity index (χ1) is 7.16. The minimum atomic E-state index is 0.169. The summed E-state index contributed by atoms with van der Waals surface area (Å²) in [4.78, 5) is 15.6. The van der Waals surface area contributed by atoms with E-state index in [1.165, 1.54) is 0 Å². The highest BCUT2D eigenvalue weighted by molar-refractivity contribution is 9.10. The number of carbonyl (C=O) groups excluding carboxylic acids is 1. The number of aromatic nitrogens is 1. The molecule has 1 aliphatic carbocycles. The van der Waals surface area contributed by atoms with Crippen molar-refractivity contribution in [3.63, 3.8) is 0 Å². The van der Waals surface area contributed by atoms with Crippen molar-refractivity contribution < 1.29 is 4.79 Å². The number of amides is 1. The van der Waals surface area contributed by atoms with E-state index in [0.29, 0.717) is 12.5 Å². The highest BCUT2D eigenvalue weighted by atomic mass is 79.9. The van der Waals surface area contributed by atoms with Crippen molar-refractivity contribution in [2.45, 2.75) is 19.9 Å². The van der Waals surface area contributed by atoms with Crippen molar-refractivity contribution in [3.8, 4) is 0 Å². The molecule has 0 aliphatic heterocycles. The highest BCUT2D eigenvalue weighted by Gasteiger charge is 2.38. The number of rotatable bonds is 3. The smallest absolute Gasteiger partial charge is 0.223 e. The van der Waals surface area contributed by atoms with Gasteiger partial charge in [-0.2, -0.15) is 0 Å². The maximum Gasteiger partial charge on any atom is 0.223 e. The molecule has 1 saturated carbocycles. The molecular formula is C11H13BrN2O. The molecule has 1 aromatic heterocycles. The molecule has 0 spiro atoms. The SMILES string of the molecule is CC1CC1C(=O)NCc1cncc(Br)c1. The Morgan fingerprint density at radius 2 is 2.40 bits per heavy atom. The molecule has 0 saturated heterocycles. The zero-order valence-electron chi connectivity index (χ0n) is 8.53. The quantitative estimate of drug-likeness (QED) is 0.913. The number of hydrogen-bond acceptors (Lipinski definition) is 2. The van der Waals surface area contributed by atoms with Gasteiger partial charge in [0.25, 0.3) is 0 Å². The molecule has 80 valence electrons. The second-order valence-corrected chi connectivity index (χ2v) is 4.96. The van der Waals surface area contributed by atoms with Crippen molar-refractivity contribution in [1.82, 2.24) is 10.3 Å². The van der Waals surface area contributed by atoms with E-state index in [0.717, 1.165) is 16.5 Å². The number of carbonyl (C=O) groups is 1. The summed E-state index contributed by atoms with van der Waals surface area (Å²) in [5, 5.41) is 2.92. The first kappa shape index (κ1) is 10.6. The molecule has 2 atom stereocenters. The van der Waals surface area contributed by atoms with E-state index in [1.807, 2.05) is 6.07 Å². The number of halogens is 1. The highest BCUT2D eigenvalue weighted by Crippen LogP contribution is 2.37. The third-order valence-electron chi connectivity index (χ3n) is 2.67. The van der Waals surface area contributed by atoms with Crippen LogP contribution in [-0.4, -0.2) is 10.9 Å². The molecule has 1 aliphatic rings. The number of pyridine rings is 1. The third kappa shape index (κ3) is 2.78. The van der Waals surface area contributed by atoms with Gasteiger partial charge in [-0.15, -0.1) is 0 Å². The van der Waals surface area contributed by atoms with Gasteiger partial charge in [-0.25, -0.2) is 0 Å². The van der Waals surface area contributed by atoms with Gasteiger partial charge in [0, 0.05) is 29.3 Å². The van der Waals surface area contributed by atoms with Crippen LogP contribution in [0.5, 0.6) is 0 Å². The van der Waals surface area contributed by atoms with E-state index in [2.05, 4.69) is 33.2 Å². The van der Waals surface area contributed by atoms with Gasteiger partial charge >= 0.3 is 0 Å². The fourth-order valence-corrected chi connectivity index (χ4v) is 1.97. The minimum Gasteiger partial charge on any atom is -0.352 e. The van der Waals surface area contributed by atoms with Gasteiger partial charge in [-0.1, -0.05) is 6.92 Å². The molecule has 15 heavy (non-hydrogen) atoms. The number of hydrogen-bond donors (Lipinski definition) is 1. The van der Waals surface area contributed by atoms with Crippen LogP contribution in [0.1, 0.15) is 18.9 Å². The van der Waals surface area contributed by atoms with Crippen LogP contribution in [0.4, 0.5) is 0 Å². The normalized spacial score (nSPS) is 23.6. The summed E-state index contributed by atoms with van der Waals surface area (Å²) in [6.07, 6.45) is 4.53. The van der Waals surface area contributed by atoms with Gasteiger partial charge in [-0.05, 0) is 39.9 Å². The van der Waals surface area contributed by atoms with Gasteiger partial charge in [-0.3, -0.25) is 9.78 Å². The van der Waals surface area contributed by atoms with Crippen molar-refractivity contribution >= 4 is 21.8 Å². The van der Waals surface area contributed by atoms with E-state index in [4.69, 9.17) is 0 Å². The van der Waals surface area contributed by atoms with E-state index >= 15 is 0 Å². The lowest BCUT2D eigenvalue weighted by Gasteiger charge is -2.04. The van der Waals surface area contributed by atoms with Crippen molar-refractivity contribution in [2.75, 3.05) is 0 Å². The molecule has 1 fully saturated rings. The maximum absolute atomic E-state index is 11.5. The average molecular weight is 269 g/mol. The van der Waals surface area contributed by atoms with Crippen LogP contribution in [0.15, 0.2) is 22.9 Å². The fraction of sp³-hybridized carbons (Fsp3) is 0.455. The third-order valence-corrected chi connectivity index (χ3v) is 3.11. The standard InChI is InChI=1S/C11H13BrN2O/c1-7-2-10(7)11(15)14-5-8-3-9(12)6-13-4-8/h3-4,6-7,10H,2,5H2,1H3,(H,14,15). The molecule has 0 aromatic carbocycles. The van der Waals surface area contributed by atoms with Crippen LogP contribution in [0.3, 0.4) is 0 Å². The van der Waals surface area contributed by atoms with Crippen LogP contribution < -0.4 is 5.32 Å². The van der Waals surface area contributed by atoms with Gasteiger partial charge < -0.3 is 5.32 Å². The van der Waals surface area contributed by atoms with E-state index in [9.17, 15) is 4.79 Å². The maximum atomic E-state index is 11.5. The molecular weight excluding hydrogens is 256 g/mol. The summed E-state index contributed by atoms with van der Waals surface area (Å²) in [7, 11) is 0. The van der Waals surface area contributed by atoms with E-state index in [1.54, 1.807) is 12.4 Å². The predicted molar refractivity (Wildman–Crippen MR) is 61.1 cm³/mol. The number of nitrogens with one attached hydrogen (secondary N) is 1. The lowest BCUT2D eigenvalue weighted by molar-refractivity contribution is -0.122. The lowest BCUT2D eigenvalue weighted by atomic mass is 10.2. The van der Waals surface area contributed by atoms with Crippen molar-refractivity contribution in [2.24, 2.45) is 11.8 Å². The average Bonchev–Trinajstić information content (AvgIpc) is 2.92. The van der Waals surface area contributed by atoms with Crippen molar-refractivity contribution in [1.29, 1.82) is 0 Å². The Bertz CT molecular complexity index is 381. The Morgan fingerprint density at radius 1 is 1.67 bits per heavy atom. The summed E-state index contributed by atoms with van der Waals surface area (Å²) in [5.41, 5.74) is 1.02. The first-order valence-corrected chi connectivity index (χ1v) is 5.83. The van der Waals surface area contributed by atoms with Gasteiger partial charge in [0.05, 0.1) is 0 Å². The summed E-state index contributed by atoms with van der Waals surface area (Å²) < 4.78 is 0.939. The minimum absolute atomic E-state index is 0.169. The summed E-state index contributed by atoms with van der Waals surface area (Å²) in [5.74, 6) is 0.971. The number of nitrogens with zero attached hydrogens (tertiary/aromatic N) is 1. The topological polar surface area (TPSA) is 42.0 Å². The second-order valence-electron chi connectivity index (χ2n) is 4.05. The zero-order chi connectivity index (χ0) is 10.8. The molecule has 2 rings (SSSR count). The zero-order valence-corrected chi connectivity index (χ0v) is 10.1. The monoisotopic (exact) mass is 268 g/mol. The molecule has 3 nitrogen and oxygen atoms in total. The van der Waals surface area contributed by atoms with Gasteiger partial charge in [0.15, 0.2) is 0 Å². The first-order valence-electron chi connectivity index (χ1n) is 5.04. The molecule has 1 aromatic rings. The molecule has 1 N–H and O–H groups in total. The Morgan fingerprint density at radius 3 is 3.00 bits per heavy atom. The molecule has 1 heterocycles. The Labute approximate surface area is 97.4 Å². The molecule has 4 heteroatoms. The van der Waals surface area contributed by atoms with Crippen LogP contribution in [-0.2, 0) is 11.3 Å². The van der Waals surface area contributed by atoms with Crippen LogP contribution in [0, 0.1) is 11.8 Å². The Hall–Kier alpha value is -0.900.